The molecule has 2 aromatic rings. The number of aryl methyl sites for hydroxylation is 1. The van der Waals surface area contributed by atoms with Gasteiger partial charge in [0.15, 0.2) is 0 Å². The molecular weight excluding hydrogens is 286 g/mol. The van der Waals surface area contributed by atoms with Crippen molar-refractivity contribution in [2.75, 3.05) is 0 Å². The molecule has 1 N–H and O–H groups in total. The number of hydrogen-bond donors (Lipinski definition) is 1. The molecule has 1 aromatic carbocycles. The summed E-state index contributed by atoms with van der Waals surface area (Å²) >= 11 is 0. The lowest BCUT2D eigenvalue weighted by molar-refractivity contribution is -0.122. The molecule has 0 spiro atoms. The number of nitrogens with one attached hydrogen (secondary N) is 1. The number of carbonyl (C=O) groups is 1. The predicted octanol–water partition coefficient (Wildman–Crippen LogP) is 3.29. The Balaban J connectivity index is 1.44. The molecule has 23 heavy (non-hydrogen) atoms. The van der Waals surface area contributed by atoms with Crippen LogP contribution in [-0.2, 0) is 11.3 Å². The second kappa shape index (κ2) is 5.66. The highest BCUT2D eigenvalue weighted by molar-refractivity contribution is 5.81. The number of rotatable bonds is 4. The highest BCUT2D eigenvalue weighted by atomic mass is 16.2. The first kappa shape index (κ1) is 14.7. The number of aromatic nitrogens is 2. The summed E-state index contributed by atoms with van der Waals surface area (Å²) in [5.74, 6) is 3.44. The number of hydrogen-bond acceptors (Lipinski definition) is 2. The lowest BCUT2D eigenvalue weighted by Gasteiger charge is -2.28. The van der Waals surface area contributed by atoms with Crippen molar-refractivity contribution in [3.8, 4) is 0 Å². The highest BCUT2D eigenvalue weighted by Gasteiger charge is 2.42. The van der Waals surface area contributed by atoms with Crippen molar-refractivity contribution < 1.29 is 4.79 Å². The number of para-hydroxylation sites is 2. The molecule has 0 saturated heterocycles. The Morgan fingerprint density at radius 2 is 2.17 bits per heavy atom. The van der Waals surface area contributed by atoms with E-state index in [1.165, 1.54) is 25.7 Å². The van der Waals surface area contributed by atoms with Gasteiger partial charge in [-0.25, -0.2) is 4.98 Å². The maximum absolute atomic E-state index is 12.5. The van der Waals surface area contributed by atoms with E-state index in [0.717, 1.165) is 28.7 Å². The molecule has 2 fully saturated rings. The summed E-state index contributed by atoms with van der Waals surface area (Å²) in [6, 6.07) is 8.29. The summed E-state index contributed by atoms with van der Waals surface area (Å²) in [5, 5.41) is 3.25. The zero-order valence-corrected chi connectivity index (χ0v) is 14.0. The molecule has 4 nitrogen and oxygen atoms in total. The number of imidazole rings is 1. The van der Waals surface area contributed by atoms with Crippen LogP contribution in [0.1, 0.15) is 38.4 Å². The Labute approximate surface area is 137 Å². The Hall–Kier alpha value is -1.84. The number of nitrogens with zero attached hydrogens (tertiary/aromatic N) is 2. The molecule has 2 bridgehead atoms. The Morgan fingerprint density at radius 1 is 1.35 bits per heavy atom. The Kier molecular flexibility index (Phi) is 3.63. The minimum atomic E-state index is 0.103. The second-order valence-corrected chi connectivity index (χ2v) is 7.43. The molecule has 2 aliphatic rings. The van der Waals surface area contributed by atoms with Crippen molar-refractivity contribution in [3.63, 3.8) is 0 Å². The van der Waals surface area contributed by atoms with Crippen LogP contribution in [0.2, 0.25) is 0 Å². The van der Waals surface area contributed by atoms with Gasteiger partial charge in [-0.3, -0.25) is 4.79 Å². The van der Waals surface area contributed by atoms with Gasteiger partial charge in [-0.1, -0.05) is 18.6 Å². The van der Waals surface area contributed by atoms with Crippen LogP contribution >= 0.6 is 0 Å². The van der Waals surface area contributed by atoms with Crippen LogP contribution in [0.15, 0.2) is 24.3 Å². The lowest BCUT2D eigenvalue weighted by Crippen LogP contribution is -2.41. The van der Waals surface area contributed by atoms with E-state index in [1.54, 1.807) is 0 Å². The van der Waals surface area contributed by atoms with Gasteiger partial charge in [-0.2, -0.15) is 0 Å². The molecule has 0 aliphatic heterocycles. The average molecular weight is 311 g/mol. The van der Waals surface area contributed by atoms with Crippen molar-refractivity contribution in [3.05, 3.63) is 30.1 Å². The van der Waals surface area contributed by atoms with Crippen LogP contribution in [0, 0.1) is 24.7 Å². The maximum atomic E-state index is 12.5. The van der Waals surface area contributed by atoms with E-state index in [0.29, 0.717) is 12.5 Å². The first-order chi connectivity index (χ1) is 11.1. The van der Waals surface area contributed by atoms with E-state index < -0.39 is 0 Å². The molecule has 4 heteroatoms. The minimum absolute atomic E-state index is 0.103. The quantitative estimate of drug-likeness (QED) is 0.942. The second-order valence-electron chi connectivity index (χ2n) is 7.43. The van der Waals surface area contributed by atoms with Crippen molar-refractivity contribution in [1.82, 2.24) is 14.9 Å². The highest BCUT2D eigenvalue weighted by Crippen LogP contribution is 2.49. The fraction of sp³-hybridized carbons (Fsp3) is 0.579. The first-order valence-electron chi connectivity index (χ1n) is 8.83. The van der Waals surface area contributed by atoms with Crippen LogP contribution in [0.25, 0.3) is 11.0 Å². The van der Waals surface area contributed by atoms with Gasteiger partial charge in [-0.05, 0) is 63.0 Å². The van der Waals surface area contributed by atoms with Crippen LogP contribution < -0.4 is 5.32 Å². The summed E-state index contributed by atoms with van der Waals surface area (Å²) < 4.78 is 2.01. The summed E-state index contributed by atoms with van der Waals surface area (Å²) in [6.07, 6.45) is 5.46. The van der Waals surface area contributed by atoms with E-state index in [-0.39, 0.29) is 11.9 Å². The van der Waals surface area contributed by atoms with E-state index in [1.807, 2.05) is 35.8 Å². The minimum Gasteiger partial charge on any atom is -0.352 e. The van der Waals surface area contributed by atoms with Gasteiger partial charge in [0.2, 0.25) is 5.91 Å². The van der Waals surface area contributed by atoms with E-state index in [4.69, 9.17) is 0 Å². The van der Waals surface area contributed by atoms with Crippen LogP contribution in [0.3, 0.4) is 0 Å². The van der Waals surface area contributed by atoms with Gasteiger partial charge in [-0.15, -0.1) is 0 Å². The molecule has 2 saturated carbocycles. The van der Waals surface area contributed by atoms with Crippen molar-refractivity contribution in [2.45, 2.75) is 52.1 Å². The van der Waals surface area contributed by atoms with Crippen LogP contribution in [-0.4, -0.2) is 21.5 Å². The number of benzene rings is 1. The standard InChI is InChI=1S/C19H25N3O/c1-12(16-10-14-7-8-15(16)9-14)20-19(23)11-22-13(2)21-17-5-3-4-6-18(17)22/h3-6,12,14-16H,7-11H2,1-2H3,(H,20,23)/t12-,14-,15-,16+/m0/s1. The molecule has 0 unspecified atom stereocenters. The molecule has 4 rings (SSSR count). The summed E-state index contributed by atoms with van der Waals surface area (Å²) in [5.41, 5.74) is 1.99. The Bertz CT molecular complexity index is 735. The zero-order chi connectivity index (χ0) is 16.0. The molecular formula is C19H25N3O. The van der Waals surface area contributed by atoms with Gasteiger partial charge < -0.3 is 9.88 Å². The predicted molar refractivity (Wildman–Crippen MR) is 91.0 cm³/mol. The normalized spacial score (nSPS) is 27.5. The van der Waals surface area contributed by atoms with Crippen molar-refractivity contribution in [2.24, 2.45) is 17.8 Å². The molecule has 0 radical (unpaired) electrons. The molecule has 122 valence electrons. The number of carbonyl (C=O) groups excluding carboxylic acids is 1. The maximum Gasteiger partial charge on any atom is 0.240 e. The molecule has 1 amide bonds. The lowest BCUT2D eigenvalue weighted by atomic mass is 9.84. The summed E-state index contributed by atoms with van der Waals surface area (Å²) in [4.78, 5) is 17.1. The summed E-state index contributed by atoms with van der Waals surface area (Å²) in [7, 11) is 0. The van der Waals surface area contributed by atoms with E-state index in [2.05, 4.69) is 17.2 Å². The van der Waals surface area contributed by atoms with Gasteiger partial charge in [0.25, 0.3) is 0 Å². The van der Waals surface area contributed by atoms with Crippen molar-refractivity contribution in [1.29, 1.82) is 0 Å². The van der Waals surface area contributed by atoms with Crippen molar-refractivity contribution >= 4 is 16.9 Å². The van der Waals surface area contributed by atoms with E-state index in [9.17, 15) is 4.79 Å². The fourth-order valence-electron chi connectivity index (χ4n) is 4.85. The van der Waals surface area contributed by atoms with Gasteiger partial charge in [0.1, 0.15) is 12.4 Å². The third kappa shape index (κ3) is 2.64. The number of amides is 1. The van der Waals surface area contributed by atoms with E-state index >= 15 is 0 Å². The average Bonchev–Trinajstić information content (AvgIpc) is 3.22. The topological polar surface area (TPSA) is 46.9 Å². The Morgan fingerprint density at radius 3 is 2.91 bits per heavy atom. The van der Waals surface area contributed by atoms with Gasteiger partial charge in [0, 0.05) is 6.04 Å². The first-order valence-corrected chi connectivity index (χ1v) is 8.83. The molecule has 1 heterocycles. The van der Waals surface area contributed by atoms with Crippen LogP contribution in [0.4, 0.5) is 0 Å². The van der Waals surface area contributed by atoms with Gasteiger partial charge >= 0.3 is 0 Å². The van der Waals surface area contributed by atoms with Gasteiger partial charge in [0.05, 0.1) is 11.0 Å². The molecule has 1 aromatic heterocycles. The third-order valence-corrected chi connectivity index (χ3v) is 5.97. The zero-order valence-electron chi connectivity index (χ0n) is 14.0. The molecule has 2 aliphatic carbocycles. The fourth-order valence-corrected chi connectivity index (χ4v) is 4.85. The smallest absolute Gasteiger partial charge is 0.240 e. The SMILES string of the molecule is Cc1nc2ccccc2n1CC(=O)N[C@@H](C)[C@H]1C[C@H]2CC[C@H]1C2. The number of fused-ring (bicyclic) bond motifs is 3. The van der Waals surface area contributed by atoms with Crippen LogP contribution in [0.5, 0.6) is 0 Å². The molecule has 4 atom stereocenters. The third-order valence-electron chi connectivity index (χ3n) is 5.97. The summed E-state index contributed by atoms with van der Waals surface area (Å²) in [6.45, 7) is 4.51. The monoisotopic (exact) mass is 311 g/mol. The largest absolute Gasteiger partial charge is 0.352 e.